The number of nitrogens with zero attached hydrogens (tertiary/aromatic N) is 3. The molecule has 57 heavy (non-hydrogen) atoms. The predicted octanol–water partition coefficient (Wildman–Crippen LogP) is 5.86. The molecule has 16 heteroatoms. The molecule has 0 aliphatic carbocycles. The number of benzene rings is 3. The Bertz CT molecular complexity index is 1690. The molecule has 2 fully saturated rings. The van der Waals surface area contributed by atoms with E-state index in [0.29, 0.717) is 6.42 Å². The summed E-state index contributed by atoms with van der Waals surface area (Å²) in [5, 5.41) is 26.2. The van der Waals surface area contributed by atoms with Crippen LogP contribution in [0.15, 0.2) is 91.0 Å². The quantitative estimate of drug-likeness (QED) is 0.0545. The van der Waals surface area contributed by atoms with Gasteiger partial charge in [-0.15, -0.1) is 0 Å². The van der Waals surface area contributed by atoms with E-state index in [0.717, 1.165) is 23.1 Å². The number of ether oxygens (including phenoxy) is 2. The molecule has 0 amide bonds. The van der Waals surface area contributed by atoms with E-state index in [1.807, 2.05) is 26.0 Å². The Kier molecular flexibility index (Phi) is 17.7. The lowest BCUT2D eigenvalue weighted by Crippen LogP contribution is -2.53. The molecule has 2 aliphatic rings. The van der Waals surface area contributed by atoms with E-state index in [2.05, 4.69) is 136 Å². The summed E-state index contributed by atoms with van der Waals surface area (Å²) in [5.74, 6) is 0. The van der Waals surface area contributed by atoms with Gasteiger partial charge in [-0.05, 0) is 69.0 Å². The molecule has 0 radical (unpaired) electrons. The first kappa shape index (κ1) is 45.6. The normalized spacial score (nSPS) is 24.0. The molecule has 2 N–H and O–H groups in total. The predicted molar refractivity (Wildman–Crippen MR) is 234 cm³/mol. The molecule has 5 rings (SSSR count). The smallest absolute Gasteiger partial charge is 0.261 e. The summed E-state index contributed by atoms with van der Waals surface area (Å²) in [6.07, 6.45) is 1.15. The third kappa shape index (κ3) is 12.3. The summed E-state index contributed by atoms with van der Waals surface area (Å²) >= 11 is 6.22. The molecule has 11 nitrogen and oxygen atoms in total. The van der Waals surface area contributed by atoms with Crippen LogP contribution >= 0.6 is 15.2 Å². The van der Waals surface area contributed by atoms with Gasteiger partial charge in [-0.2, -0.15) is 10.5 Å². The zero-order valence-electron chi connectivity index (χ0n) is 34.0. The van der Waals surface area contributed by atoms with Crippen molar-refractivity contribution in [3.05, 3.63) is 108 Å². The Hall–Kier alpha value is -2.51. The number of hydrogen-bond acceptors (Lipinski definition) is 11. The average Bonchev–Trinajstić information content (AvgIpc) is 3.74. The van der Waals surface area contributed by atoms with Crippen molar-refractivity contribution in [3.63, 3.8) is 0 Å². The summed E-state index contributed by atoms with van der Waals surface area (Å²) in [6, 6.07) is 35.8. The standard InChI is InChI=1S/C41H57B2N5O6P2S/c1-30(2)48(31(3)4)55(49-24-14-22-44)50-28-37-36(27-40(43)53-37)47-56(57,51-25-15-23-45)52-29-38-35(26-39(42)54-38)46-41(32-16-8-5-9-17-32,33-18-10-6-11-19-33)34-20-12-7-13-21-34/h5-13,16-21,30-31,35-40,46H,14-15,24-29,42-43H2,1-4H3,(H,47,57)/t35-,36-,37-,38-,39-,40-,55?,56?/m1/s1. The van der Waals surface area contributed by atoms with Crippen molar-refractivity contribution in [2.45, 2.75) is 107 Å². The van der Waals surface area contributed by atoms with Crippen LogP contribution in [-0.2, 0) is 44.9 Å². The van der Waals surface area contributed by atoms with E-state index in [1.54, 1.807) is 0 Å². The van der Waals surface area contributed by atoms with E-state index < -0.39 is 20.7 Å². The van der Waals surface area contributed by atoms with Gasteiger partial charge in [0, 0.05) is 36.2 Å². The highest BCUT2D eigenvalue weighted by Gasteiger charge is 2.44. The van der Waals surface area contributed by atoms with Gasteiger partial charge in [-0.1, -0.05) is 91.0 Å². The molecule has 0 bridgehead atoms. The molecule has 2 unspecified atom stereocenters. The van der Waals surface area contributed by atoms with Crippen LogP contribution in [0, 0.1) is 22.7 Å². The number of nitrogens with one attached hydrogen (secondary N) is 2. The summed E-state index contributed by atoms with van der Waals surface area (Å²) < 4.78 is 40.8. The Morgan fingerprint density at radius 3 is 1.72 bits per heavy atom. The number of hydrogen-bond donors (Lipinski definition) is 2. The highest BCUT2D eigenvalue weighted by Crippen LogP contribution is 2.49. The second-order valence-corrected chi connectivity index (χ2v) is 19.8. The highest BCUT2D eigenvalue weighted by molar-refractivity contribution is 8.09. The van der Waals surface area contributed by atoms with Gasteiger partial charge in [0.25, 0.3) is 15.2 Å². The van der Waals surface area contributed by atoms with E-state index in [4.69, 9.17) is 44.6 Å². The summed E-state index contributed by atoms with van der Waals surface area (Å²) in [7, 11) is 2.65. The summed E-state index contributed by atoms with van der Waals surface area (Å²) in [4.78, 5) is 0. The Morgan fingerprint density at radius 2 is 1.23 bits per heavy atom. The van der Waals surface area contributed by atoms with Gasteiger partial charge in [0.05, 0.1) is 69.2 Å². The van der Waals surface area contributed by atoms with Gasteiger partial charge >= 0.3 is 0 Å². The minimum absolute atomic E-state index is 0.0337. The van der Waals surface area contributed by atoms with Crippen LogP contribution in [0.1, 0.15) is 70.1 Å². The van der Waals surface area contributed by atoms with Crippen LogP contribution in [0.4, 0.5) is 0 Å². The molecule has 2 aliphatic heterocycles. The van der Waals surface area contributed by atoms with Gasteiger partial charge in [0.15, 0.2) is 0 Å². The van der Waals surface area contributed by atoms with Crippen LogP contribution in [0.3, 0.4) is 0 Å². The van der Waals surface area contributed by atoms with E-state index >= 15 is 0 Å². The number of nitriles is 2. The fourth-order valence-electron chi connectivity index (χ4n) is 7.76. The van der Waals surface area contributed by atoms with Crippen LogP contribution in [0.5, 0.6) is 0 Å². The molecule has 0 spiro atoms. The van der Waals surface area contributed by atoms with E-state index in [9.17, 15) is 5.26 Å². The van der Waals surface area contributed by atoms with Crippen molar-refractivity contribution in [3.8, 4) is 12.1 Å². The zero-order valence-corrected chi connectivity index (χ0v) is 36.6. The molecule has 304 valence electrons. The monoisotopic (exact) mass is 831 g/mol. The topological polar surface area (TPSA) is 130 Å². The Labute approximate surface area is 348 Å². The fourth-order valence-corrected chi connectivity index (χ4v) is 11.8. The van der Waals surface area contributed by atoms with Crippen molar-refractivity contribution in [1.29, 1.82) is 10.5 Å². The lowest BCUT2D eigenvalue weighted by atomic mass is 9.76. The summed E-state index contributed by atoms with van der Waals surface area (Å²) in [6.45, 7) is 6.08. The van der Waals surface area contributed by atoms with Crippen molar-refractivity contribution in [1.82, 2.24) is 15.1 Å². The second-order valence-electron chi connectivity index (χ2n) is 15.2. The van der Waals surface area contributed by atoms with Crippen LogP contribution in [-0.4, -0.2) is 95.2 Å². The van der Waals surface area contributed by atoms with Crippen LogP contribution < -0.4 is 10.4 Å². The first-order chi connectivity index (χ1) is 27.5. The minimum atomic E-state index is -3.19. The lowest BCUT2D eigenvalue weighted by Gasteiger charge is -2.40. The molecule has 2 saturated heterocycles. The minimum Gasteiger partial charge on any atom is -0.380 e. The van der Waals surface area contributed by atoms with E-state index in [1.165, 1.54) is 0 Å². The Morgan fingerprint density at radius 1 is 0.754 bits per heavy atom. The maximum absolute atomic E-state index is 9.39. The largest absolute Gasteiger partial charge is 0.380 e. The maximum atomic E-state index is 9.39. The second kappa shape index (κ2) is 22.2. The van der Waals surface area contributed by atoms with Crippen molar-refractivity contribution < 1.29 is 27.6 Å². The zero-order chi connectivity index (χ0) is 40.8. The molecule has 0 aromatic heterocycles. The van der Waals surface area contributed by atoms with Gasteiger partial charge in [0.1, 0.15) is 15.7 Å². The molecule has 8 atom stereocenters. The molecule has 3 aromatic rings. The van der Waals surface area contributed by atoms with Gasteiger partial charge in [0.2, 0.25) is 0 Å². The SMILES string of the molecule is B[C@H]1C[C@@H](NC(c2ccccc2)(c2ccccc2)c2ccccc2)[C@@H](COP(=S)(N[C@@H]2C[C@H](B)O[C@@H]2COP(OCCC#N)N(C(C)C)C(C)C)OCCC#N)O1. The maximum Gasteiger partial charge on any atom is 0.261 e. The molecule has 2 heterocycles. The van der Waals surface area contributed by atoms with Crippen LogP contribution in [0.25, 0.3) is 0 Å². The van der Waals surface area contributed by atoms with Gasteiger partial charge < -0.3 is 27.6 Å². The van der Waals surface area contributed by atoms with E-state index in [-0.39, 0.29) is 87.7 Å². The highest BCUT2D eigenvalue weighted by atomic mass is 32.5. The molecular weight excluding hydrogens is 774 g/mol. The first-order valence-corrected chi connectivity index (χ1v) is 23.8. The molecule has 0 saturated carbocycles. The molecular formula is C41H57B2N5O6P2S. The third-order valence-corrected chi connectivity index (χ3v) is 14.8. The van der Waals surface area contributed by atoms with Crippen molar-refractivity contribution >= 4 is 42.7 Å². The summed E-state index contributed by atoms with van der Waals surface area (Å²) in [5.41, 5.74) is 2.65. The molecule has 3 aromatic carbocycles. The fraction of sp³-hybridized carbons (Fsp3) is 0.512. The first-order valence-electron chi connectivity index (χ1n) is 20.0. The third-order valence-electron chi connectivity index (χ3n) is 10.1. The lowest BCUT2D eigenvalue weighted by molar-refractivity contribution is 0.0305. The van der Waals surface area contributed by atoms with Gasteiger partial charge in [-0.3, -0.25) is 5.32 Å². The van der Waals surface area contributed by atoms with Crippen LogP contribution in [0.2, 0.25) is 0 Å². The number of rotatable bonds is 22. The van der Waals surface area contributed by atoms with Gasteiger partial charge in [-0.25, -0.2) is 9.76 Å². The van der Waals surface area contributed by atoms with Crippen molar-refractivity contribution in [2.24, 2.45) is 0 Å². The van der Waals surface area contributed by atoms with Crippen molar-refractivity contribution in [2.75, 3.05) is 26.4 Å². The Balaban J connectivity index is 1.37. The average molecular weight is 832 g/mol.